The molecule has 0 fully saturated rings. The Balaban J connectivity index is 1.10. The third kappa shape index (κ3) is 4.69. The lowest BCUT2D eigenvalue weighted by Crippen LogP contribution is -2.01. The van der Waals surface area contributed by atoms with Gasteiger partial charge in [0.1, 0.15) is 0 Å². The van der Waals surface area contributed by atoms with Gasteiger partial charge in [-0.2, -0.15) is 0 Å². The molecule has 0 aliphatic rings. The molecule has 0 N–H and O–H groups in total. The smallest absolute Gasteiger partial charge is 0.164 e. The summed E-state index contributed by atoms with van der Waals surface area (Å²) in [7, 11) is 0. The van der Waals surface area contributed by atoms with E-state index < -0.39 is 0 Å². The minimum Gasteiger partial charge on any atom is -0.309 e. The quantitative estimate of drug-likeness (QED) is 0.181. The van der Waals surface area contributed by atoms with E-state index in [0.29, 0.717) is 17.5 Å². The number of rotatable bonds is 5. The molecule has 54 heavy (non-hydrogen) atoms. The molecule has 5 heteroatoms. The predicted molar refractivity (Wildman–Crippen MR) is 222 cm³/mol. The summed E-state index contributed by atoms with van der Waals surface area (Å²) >= 11 is 0. The fourth-order valence-electron chi connectivity index (χ4n) is 8.17. The molecule has 8 aromatic carbocycles. The standard InChI is InChI=1S/C49H31N5/c1-3-15-33(16-4-1)47-50-48(52-49(51-47)38-23-13-17-32-14-7-8-20-37(32)38)34-26-28-36(29-27-34)54-42-25-12-10-22-40(42)46-44(54)31-30-43-45(46)39-21-9-11-24-41(39)53(43)35-18-5-2-6-19-35/h1-31H. The monoisotopic (exact) mass is 689 g/mol. The Hall–Kier alpha value is -7.37. The van der Waals surface area contributed by atoms with Crippen molar-refractivity contribution in [3.8, 4) is 45.5 Å². The Bertz CT molecular complexity index is 3190. The molecule has 3 heterocycles. The summed E-state index contributed by atoms with van der Waals surface area (Å²) in [4.78, 5) is 15.1. The number of fused-ring (bicyclic) bond motifs is 8. The average Bonchev–Trinajstić information content (AvgIpc) is 3.77. The van der Waals surface area contributed by atoms with Crippen molar-refractivity contribution in [2.75, 3.05) is 0 Å². The molecule has 11 rings (SSSR count). The van der Waals surface area contributed by atoms with Crippen LogP contribution >= 0.6 is 0 Å². The summed E-state index contributed by atoms with van der Waals surface area (Å²) in [5, 5.41) is 7.24. The Morgan fingerprint density at radius 2 is 0.759 bits per heavy atom. The van der Waals surface area contributed by atoms with Crippen LogP contribution in [0.4, 0.5) is 0 Å². The van der Waals surface area contributed by atoms with Crippen LogP contribution in [0.25, 0.3) is 99.9 Å². The molecular formula is C49H31N5. The van der Waals surface area contributed by atoms with Crippen molar-refractivity contribution >= 4 is 54.4 Å². The molecule has 0 atom stereocenters. The Morgan fingerprint density at radius 1 is 0.296 bits per heavy atom. The van der Waals surface area contributed by atoms with Crippen molar-refractivity contribution < 1.29 is 0 Å². The van der Waals surface area contributed by atoms with E-state index in [1.807, 2.05) is 30.3 Å². The van der Waals surface area contributed by atoms with Gasteiger partial charge in [-0.3, -0.25) is 0 Å². The number of hydrogen-bond donors (Lipinski definition) is 0. The average molecular weight is 690 g/mol. The summed E-state index contributed by atoms with van der Waals surface area (Å²) < 4.78 is 4.77. The molecule has 0 bridgehead atoms. The van der Waals surface area contributed by atoms with Crippen LogP contribution in [0, 0.1) is 0 Å². The second-order valence-electron chi connectivity index (χ2n) is 13.6. The Morgan fingerprint density at radius 3 is 1.39 bits per heavy atom. The predicted octanol–water partition coefficient (Wildman–Crippen LogP) is 12.2. The molecule has 0 radical (unpaired) electrons. The second-order valence-corrected chi connectivity index (χ2v) is 13.6. The molecule has 3 aromatic heterocycles. The number of nitrogens with zero attached hydrogens (tertiary/aromatic N) is 5. The first-order valence-corrected chi connectivity index (χ1v) is 18.2. The molecule has 0 saturated heterocycles. The molecule has 0 aliphatic carbocycles. The molecule has 11 aromatic rings. The van der Waals surface area contributed by atoms with Gasteiger partial charge in [-0.05, 0) is 71.4 Å². The van der Waals surface area contributed by atoms with E-state index in [0.717, 1.165) is 49.9 Å². The fourth-order valence-corrected chi connectivity index (χ4v) is 8.17. The van der Waals surface area contributed by atoms with Crippen molar-refractivity contribution in [1.29, 1.82) is 0 Å². The normalized spacial score (nSPS) is 11.7. The highest BCUT2D eigenvalue weighted by Crippen LogP contribution is 2.42. The number of hydrogen-bond acceptors (Lipinski definition) is 3. The summed E-state index contributed by atoms with van der Waals surface area (Å²) in [6.07, 6.45) is 0. The van der Waals surface area contributed by atoms with Crippen molar-refractivity contribution in [3.05, 3.63) is 188 Å². The van der Waals surface area contributed by atoms with Crippen LogP contribution in [0.5, 0.6) is 0 Å². The number of para-hydroxylation sites is 3. The third-order valence-electron chi connectivity index (χ3n) is 10.6. The third-order valence-corrected chi connectivity index (χ3v) is 10.6. The highest BCUT2D eigenvalue weighted by Gasteiger charge is 2.21. The van der Waals surface area contributed by atoms with E-state index in [-0.39, 0.29) is 0 Å². The first-order valence-electron chi connectivity index (χ1n) is 18.2. The Kier molecular flexibility index (Phi) is 6.79. The van der Waals surface area contributed by atoms with Gasteiger partial charge in [0, 0.05) is 49.6 Å². The first-order chi connectivity index (χ1) is 26.8. The lowest BCUT2D eigenvalue weighted by Gasteiger charge is -2.12. The maximum Gasteiger partial charge on any atom is 0.164 e. The van der Waals surface area contributed by atoms with Gasteiger partial charge in [-0.1, -0.05) is 127 Å². The van der Waals surface area contributed by atoms with Crippen LogP contribution in [-0.4, -0.2) is 24.1 Å². The minimum absolute atomic E-state index is 0.635. The van der Waals surface area contributed by atoms with Gasteiger partial charge >= 0.3 is 0 Å². The summed E-state index contributed by atoms with van der Waals surface area (Å²) in [6, 6.07) is 66.1. The van der Waals surface area contributed by atoms with Crippen LogP contribution in [-0.2, 0) is 0 Å². The SMILES string of the molecule is c1ccc(-c2nc(-c3ccc(-n4c5ccccc5c5c6c7ccccc7n(-c7ccccc7)c6ccc54)cc3)nc(-c3cccc4ccccc34)n2)cc1. The van der Waals surface area contributed by atoms with Gasteiger partial charge in [0.05, 0.1) is 22.1 Å². The molecule has 0 aliphatic heterocycles. The number of benzene rings is 8. The highest BCUT2D eigenvalue weighted by molar-refractivity contribution is 6.28. The van der Waals surface area contributed by atoms with Crippen molar-refractivity contribution in [2.24, 2.45) is 0 Å². The lowest BCUT2D eigenvalue weighted by atomic mass is 10.0. The van der Waals surface area contributed by atoms with Crippen molar-refractivity contribution in [3.63, 3.8) is 0 Å². The molecule has 0 saturated carbocycles. The lowest BCUT2D eigenvalue weighted by molar-refractivity contribution is 1.07. The fraction of sp³-hybridized carbons (Fsp3) is 0. The van der Waals surface area contributed by atoms with Crippen LogP contribution in [0.2, 0.25) is 0 Å². The Labute approximate surface area is 311 Å². The largest absolute Gasteiger partial charge is 0.309 e. The minimum atomic E-state index is 0.635. The zero-order chi connectivity index (χ0) is 35.6. The van der Waals surface area contributed by atoms with E-state index >= 15 is 0 Å². The zero-order valence-corrected chi connectivity index (χ0v) is 29.1. The van der Waals surface area contributed by atoms with Crippen LogP contribution in [0.3, 0.4) is 0 Å². The van der Waals surface area contributed by atoms with Gasteiger partial charge in [0.2, 0.25) is 0 Å². The van der Waals surface area contributed by atoms with E-state index in [2.05, 4.69) is 167 Å². The van der Waals surface area contributed by atoms with E-state index in [1.165, 1.54) is 32.6 Å². The van der Waals surface area contributed by atoms with Crippen LogP contribution < -0.4 is 0 Å². The molecular weight excluding hydrogens is 659 g/mol. The number of aromatic nitrogens is 5. The van der Waals surface area contributed by atoms with E-state index in [1.54, 1.807) is 0 Å². The maximum atomic E-state index is 5.10. The molecule has 0 amide bonds. The second kappa shape index (κ2) is 12.1. The molecule has 0 unspecified atom stereocenters. The van der Waals surface area contributed by atoms with Crippen molar-refractivity contribution in [2.45, 2.75) is 0 Å². The zero-order valence-electron chi connectivity index (χ0n) is 29.1. The van der Waals surface area contributed by atoms with Gasteiger partial charge in [0.15, 0.2) is 17.5 Å². The van der Waals surface area contributed by atoms with Crippen molar-refractivity contribution in [1.82, 2.24) is 24.1 Å². The summed E-state index contributed by atoms with van der Waals surface area (Å²) in [6.45, 7) is 0. The molecule has 5 nitrogen and oxygen atoms in total. The topological polar surface area (TPSA) is 48.5 Å². The van der Waals surface area contributed by atoms with Gasteiger partial charge in [-0.25, -0.2) is 15.0 Å². The van der Waals surface area contributed by atoms with E-state index in [4.69, 9.17) is 15.0 Å². The maximum absolute atomic E-state index is 5.10. The van der Waals surface area contributed by atoms with Gasteiger partial charge in [-0.15, -0.1) is 0 Å². The molecule has 252 valence electrons. The van der Waals surface area contributed by atoms with Gasteiger partial charge < -0.3 is 9.13 Å². The highest BCUT2D eigenvalue weighted by atomic mass is 15.0. The van der Waals surface area contributed by atoms with Crippen LogP contribution in [0.1, 0.15) is 0 Å². The van der Waals surface area contributed by atoms with Gasteiger partial charge in [0.25, 0.3) is 0 Å². The first kappa shape index (κ1) is 30.3. The van der Waals surface area contributed by atoms with E-state index in [9.17, 15) is 0 Å². The molecule has 0 spiro atoms. The summed E-state index contributed by atoms with van der Waals surface area (Å²) in [5.74, 6) is 1.94. The summed E-state index contributed by atoms with van der Waals surface area (Å²) in [5.41, 5.74) is 9.80. The van der Waals surface area contributed by atoms with Crippen LogP contribution in [0.15, 0.2) is 188 Å².